The Hall–Kier alpha value is -2.19. The van der Waals surface area contributed by atoms with Gasteiger partial charge in [0.2, 0.25) is 0 Å². The SMILES string of the molecule is C#CCOC(=O)c1cc(Br)c(OCC=CCCC(C)=C(C)C)c(OC)c1. The Balaban J connectivity index is 2.71. The third kappa shape index (κ3) is 6.97. The van der Waals surface area contributed by atoms with E-state index < -0.39 is 5.97 Å². The monoisotopic (exact) mass is 420 g/mol. The van der Waals surface area contributed by atoms with Gasteiger partial charge in [-0.15, -0.1) is 6.42 Å². The molecule has 0 bridgehead atoms. The Morgan fingerprint density at radius 2 is 2.00 bits per heavy atom. The second-order valence-corrected chi connectivity index (χ2v) is 6.73. The van der Waals surface area contributed by atoms with Crippen molar-refractivity contribution in [2.24, 2.45) is 0 Å². The molecule has 140 valence electrons. The van der Waals surface area contributed by atoms with Gasteiger partial charge in [-0.05, 0) is 61.7 Å². The summed E-state index contributed by atoms with van der Waals surface area (Å²) >= 11 is 3.41. The fourth-order valence-corrected chi connectivity index (χ4v) is 2.59. The van der Waals surface area contributed by atoms with Crippen molar-refractivity contribution < 1.29 is 19.0 Å². The minimum atomic E-state index is -0.511. The molecule has 0 heterocycles. The van der Waals surface area contributed by atoms with Crippen LogP contribution in [0.1, 0.15) is 44.0 Å². The molecule has 0 saturated heterocycles. The number of benzene rings is 1. The molecular weight excluding hydrogens is 396 g/mol. The van der Waals surface area contributed by atoms with Gasteiger partial charge < -0.3 is 14.2 Å². The van der Waals surface area contributed by atoms with E-state index in [0.717, 1.165) is 12.8 Å². The van der Waals surface area contributed by atoms with Crippen molar-refractivity contribution in [1.82, 2.24) is 0 Å². The quantitative estimate of drug-likeness (QED) is 0.308. The largest absolute Gasteiger partial charge is 0.493 e. The molecule has 0 atom stereocenters. The average molecular weight is 421 g/mol. The lowest BCUT2D eigenvalue weighted by molar-refractivity contribution is 0.0556. The third-order valence-electron chi connectivity index (χ3n) is 3.78. The molecule has 0 radical (unpaired) electrons. The van der Waals surface area contributed by atoms with Crippen molar-refractivity contribution in [2.45, 2.75) is 33.6 Å². The number of allylic oxidation sites excluding steroid dienone is 3. The molecule has 0 aliphatic rings. The van der Waals surface area contributed by atoms with Crippen molar-refractivity contribution in [3.05, 3.63) is 45.5 Å². The highest BCUT2D eigenvalue weighted by Crippen LogP contribution is 2.36. The van der Waals surface area contributed by atoms with Crippen LogP contribution in [0, 0.1) is 12.3 Å². The van der Waals surface area contributed by atoms with E-state index in [9.17, 15) is 4.79 Å². The number of esters is 1. The Kier molecular flexibility index (Phi) is 9.61. The van der Waals surface area contributed by atoms with E-state index in [1.54, 1.807) is 12.1 Å². The van der Waals surface area contributed by atoms with E-state index in [-0.39, 0.29) is 6.61 Å². The Labute approximate surface area is 164 Å². The summed E-state index contributed by atoms with van der Waals surface area (Å²) in [5, 5.41) is 0. The summed E-state index contributed by atoms with van der Waals surface area (Å²) < 4.78 is 16.6. The summed E-state index contributed by atoms with van der Waals surface area (Å²) in [6.07, 6.45) is 11.2. The van der Waals surface area contributed by atoms with E-state index in [1.165, 1.54) is 18.3 Å². The van der Waals surface area contributed by atoms with E-state index in [4.69, 9.17) is 20.6 Å². The van der Waals surface area contributed by atoms with Gasteiger partial charge in [-0.2, -0.15) is 0 Å². The zero-order valence-corrected chi connectivity index (χ0v) is 17.3. The number of ether oxygens (including phenoxy) is 3. The van der Waals surface area contributed by atoms with Crippen molar-refractivity contribution >= 4 is 21.9 Å². The normalized spacial score (nSPS) is 10.3. The number of hydrogen-bond donors (Lipinski definition) is 0. The molecule has 4 nitrogen and oxygen atoms in total. The third-order valence-corrected chi connectivity index (χ3v) is 4.37. The summed E-state index contributed by atoms with van der Waals surface area (Å²) in [6.45, 7) is 6.73. The molecular formula is C21H25BrO4. The number of rotatable bonds is 9. The summed E-state index contributed by atoms with van der Waals surface area (Å²) in [5.74, 6) is 2.73. The van der Waals surface area contributed by atoms with Crippen molar-refractivity contribution in [3.63, 3.8) is 0 Å². The molecule has 0 saturated carbocycles. The molecule has 0 N–H and O–H groups in total. The predicted octanol–water partition coefficient (Wildman–Crippen LogP) is 5.32. The highest BCUT2D eigenvalue weighted by atomic mass is 79.9. The molecule has 0 amide bonds. The second-order valence-electron chi connectivity index (χ2n) is 5.87. The Morgan fingerprint density at radius 3 is 2.62 bits per heavy atom. The lowest BCUT2D eigenvalue weighted by Gasteiger charge is -2.13. The topological polar surface area (TPSA) is 44.8 Å². The molecule has 0 unspecified atom stereocenters. The predicted molar refractivity (Wildman–Crippen MR) is 108 cm³/mol. The van der Waals surface area contributed by atoms with Gasteiger partial charge in [-0.3, -0.25) is 0 Å². The highest BCUT2D eigenvalue weighted by Gasteiger charge is 2.16. The lowest BCUT2D eigenvalue weighted by Crippen LogP contribution is -2.07. The highest BCUT2D eigenvalue weighted by molar-refractivity contribution is 9.10. The number of methoxy groups -OCH3 is 1. The number of carbonyl (C=O) groups is 1. The van der Waals surface area contributed by atoms with Gasteiger partial charge in [0, 0.05) is 0 Å². The first-order chi connectivity index (χ1) is 12.4. The molecule has 0 spiro atoms. The van der Waals surface area contributed by atoms with Gasteiger partial charge in [-0.1, -0.05) is 29.2 Å². The lowest BCUT2D eigenvalue weighted by atomic mass is 10.1. The van der Waals surface area contributed by atoms with Crippen molar-refractivity contribution in [1.29, 1.82) is 0 Å². The van der Waals surface area contributed by atoms with Crippen LogP contribution in [0.15, 0.2) is 39.9 Å². The Morgan fingerprint density at radius 1 is 1.27 bits per heavy atom. The zero-order chi connectivity index (χ0) is 19.5. The van der Waals surface area contributed by atoms with Gasteiger partial charge in [0.05, 0.1) is 17.1 Å². The fraction of sp³-hybridized carbons (Fsp3) is 0.381. The summed E-state index contributed by atoms with van der Waals surface area (Å²) in [5.41, 5.74) is 3.11. The van der Waals surface area contributed by atoms with Gasteiger partial charge in [0.25, 0.3) is 0 Å². The molecule has 0 aliphatic heterocycles. The number of hydrogen-bond acceptors (Lipinski definition) is 4. The van der Waals surface area contributed by atoms with Gasteiger partial charge >= 0.3 is 5.97 Å². The van der Waals surface area contributed by atoms with Crippen LogP contribution >= 0.6 is 15.9 Å². The molecule has 1 aromatic carbocycles. The molecule has 0 fully saturated rings. The fourth-order valence-electron chi connectivity index (χ4n) is 2.04. The standard InChI is InChI=1S/C21H25BrO4/c1-6-11-26-21(23)17-13-18(22)20(19(14-17)24-5)25-12-9-7-8-10-16(4)15(2)3/h1,7,9,13-14H,8,10-12H2,2-5H3. The van der Waals surface area contributed by atoms with Gasteiger partial charge in [0.1, 0.15) is 6.61 Å². The molecule has 1 aromatic rings. The van der Waals surface area contributed by atoms with E-state index in [1.807, 2.05) is 6.08 Å². The van der Waals surface area contributed by atoms with Crippen LogP contribution in [0.2, 0.25) is 0 Å². The first kappa shape index (κ1) is 21.9. The van der Waals surface area contributed by atoms with Crippen LogP contribution < -0.4 is 9.47 Å². The van der Waals surface area contributed by atoms with Crippen LogP contribution in [0.3, 0.4) is 0 Å². The Bertz CT molecular complexity index is 722. The van der Waals surface area contributed by atoms with Crippen LogP contribution in [0.5, 0.6) is 11.5 Å². The number of halogens is 1. The maximum absolute atomic E-state index is 11.9. The average Bonchev–Trinajstić information content (AvgIpc) is 2.62. The van der Waals surface area contributed by atoms with E-state index in [0.29, 0.717) is 28.1 Å². The molecule has 0 aliphatic carbocycles. The van der Waals surface area contributed by atoms with Crippen LogP contribution in [0.25, 0.3) is 0 Å². The van der Waals surface area contributed by atoms with Crippen molar-refractivity contribution in [3.8, 4) is 23.8 Å². The maximum atomic E-state index is 11.9. The van der Waals surface area contributed by atoms with Crippen molar-refractivity contribution in [2.75, 3.05) is 20.3 Å². The van der Waals surface area contributed by atoms with Gasteiger partial charge in [-0.25, -0.2) is 4.79 Å². The van der Waals surface area contributed by atoms with Crippen LogP contribution in [-0.4, -0.2) is 26.3 Å². The molecule has 1 rings (SSSR count). The first-order valence-electron chi connectivity index (χ1n) is 8.29. The van der Waals surface area contributed by atoms with E-state index >= 15 is 0 Å². The molecule has 26 heavy (non-hydrogen) atoms. The van der Waals surface area contributed by atoms with Gasteiger partial charge in [0.15, 0.2) is 18.1 Å². The summed E-state index contributed by atoms with van der Waals surface area (Å²) in [6, 6.07) is 3.19. The molecule has 0 aromatic heterocycles. The molecule has 5 heteroatoms. The van der Waals surface area contributed by atoms with E-state index in [2.05, 4.69) is 48.7 Å². The smallest absolute Gasteiger partial charge is 0.339 e. The number of carbonyl (C=O) groups excluding carboxylic acids is 1. The first-order valence-corrected chi connectivity index (χ1v) is 9.08. The van der Waals surface area contributed by atoms with Crippen LogP contribution in [-0.2, 0) is 4.74 Å². The summed E-state index contributed by atoms with van der Waals surface area (Å²) in [7, 11) is 1.52. The zero-order valence-electron chi connectivity index (χ0n) is 15.7. The number of terminal acetylenes is 1. The minimum absolute atomic E-state index is 0.0754. The minimum Gasteiger partial charge on any atom is -0.493 e. The maximum Gasteiger partial charge on any atom is 0.339 e. The summed E-state index contributed by atoms with van der Waals surface area (Å²) in [4.78, 5) is 11.9. The van der Waals surface area contributed by atoms with Crippen LogP contribution in [0.4, 0.5) is 0 Å². The second kappa shape index (κ2) is 11.4.